The highest BCUT2D eigenvalue weighted by Crippen LogP contribution is 2.36. The predicted molar refractivity (Wildman–Crippen MR) is 148 cm³/mol. The molecule has 36 heavy (non-hydrogen) atoms. The largest absolute Gasteiger partial charge is 0.467 e. The molecule has 5 nitrogen and oxygen atoms in total. The van der Waals surface area contributed by atoms with E-state index in [2.05, 4.69) is 56.5 Å². The van der Waals surface area contributed by atoms with E-state index in [-0.39, 0.29) is 5.91 Å². The zero-order valence-corrected chi connectivity index (χ0v) is 21.8. The number of aliphatic imine (C=N–C) groups is 1. The number of carbonyl (C=O) groups excluding carboxylic acids is 1. The lowest BCUT2D eigenvalue weighted by Crippen LogP contribution is -2.28. The van der Waals surface area contributed by atoms with E-state index >= 15 is 0 Å². The molecule has 5 rings (SSSR count). The molecule has 0 aliphatic carbocycles. The highest BCUT2D eigenvalue weighted by atomic mass is 32.2. The van der Waals surface area contributed by atoms with Crippen LogP contribution in [0.4, 0.5) is 5.69 Å². The van der Waals surface area contributed by atoms with Gasteiger partial charge in [0, 0.05) is 11.4 Å². The zero-order valence-electron chi connectivity index (χ0n) is 21.0. The first kappa shape index (κ1) is 23.9. The summed E-state index contributed by atoms with van der Waals surface area (Å²) < 4.78 is 7.84. The van der Waals surface area contributed by atoms with Gasteiger partial charge < -0.3 is 8.98 Å². The monoisotopic (exact) mass is 495 g/mol. The van der Waals surface area contributed by atoms with Crippen LogP contribution >= 0.6 is 11.8 Å². The summed E-state index contributed by atoms with van der Waals surface area (Å²) in [7, 11) is 0. The summed E-state index contributed by atoms with van der Waals surface area (Å²) >= 11 is 1.41. The molecule has 0 unspecified atom stereocenters. The van der Waals surface area contributed by atoms with Crippen molar-refractivity contribution >= 4 is 34.6 Å². The van der Waals surface area contributed by atoms with Crippen molar-refractivity contribution in [2.45, 2.75) is 40.7 Å². The predicted octanol–water partition coefficient (Wildman–Crippen LogP) is 7.36. The highest BCUT2D eigenvalue weighted by Gasteiger charge is 2.34. The lowest BCUT2D eigenvalue weighted by Gasteiger charge is -2.17. The van der Waals surface area contributed by atoms with Crippen molar-refractivity contribution in [3.05, 3.63) is 112 Å². The number of furan rings is 1. The number of rotatable bonds is 6. The molecule has 4 aromatic rings. The number of thioether (sulfide) groups is 1. The second-order valence-corrected chi connectivity index (χ2v) is 9.92. The van der Waals surface area contributed by atoms with Gasteiger partial charge in [-0.25, -0.2) is 4.99 Å². The van der Waals surface area contributed by atoms with Crippen LogP contribution in [0.25, 0.3) is 11.8 Å². The number of hydrogen-bond donors (Lipinski definition) is 0. The maximum atomic E-state index is 13.6. The molecular formula is C30H29N3O2S. The van der Waals surface area contributed by atoms with Crippen molar-refractivity contribution in [3.63, 3.8) is 0 Å². The summed E-state index contributed by atoms with van der Waals surface area (Å²) in [5, 5.41) is 0.648. The molecule has 1 aliphatic rings. The first-order chi connectivity index (χ1) is 17.5. The van der Waals surface area contributed by atoms with Crippen molar-refractivity contribution < 1.29 is 9.21 Å². The van der Waals surface area contributed by atoms with Crippen LogP contribution in [-0.4, -0.2) is 20.5 Å². The lowest BCUT2D eigenvalue weighted by atomic mass is 10.1. The van der Waals surface area contributed by atoms with Crippen molar-refractivity contribution in [2.75, 3.05) is 0 Å². The molecule has 0 atom stereocenters. The van der Waals surface area contributed by atoms with Gasteiger partial charge in [-0.2, -0.15) is 0 Å². The summed E-state index contributed by atoms with van der Waals surface area (Å²) in [6, 6.07) is 22.0. The van der Waals surface area contributed by atoms with Gasteiger partial charge in [-0.3, -0.25) is 9.69 Å². The third-order valence-electron chi connectivity index (χ3n) is 6.45. The van der Waals surface area contributed by atoms with E-state index in [4.69, 9.17) is 9.41 Å². The Bertz CT molecular complexity index is 1460. The number of nitrogens with zero attached hydrogens (tertiary/aromatic N) is 3. The molecule has 0 bridgehead atoms. The van der Waals surface area contributed by atoms with Gasteiger partial charge in [-0.05, 0) is 92.1 Å². The van der Waals surface area contributed by atoms with Crippen molar-refractivity contribution in [1.29, 1.82) is 0 Å². The third-order valence-corrected chi connectivity index (χ3v) is 7.45. The summed E-state index contributed by atoms with van der Waals surface area (Å²) in [6.07, 6.45) is 4.58. The number of hydrogen-bond acceptors (Lipinski definition) is 4. The van der Waals surface area contributed by atoms with Crippen LogP contribution in [-0.2, 0) is 17.8 Å². The van der Waals surface area contributed by atoms with E-state index in [1.165, 1.54) is 28.6 Å². The number of aryl methyl sites for hydroxylation is 3. The van der Waals surface area contributed by atoms with Crippen LogP contribution in [0.2, 0.25) is 0 Å². The van der Waals surface area contributed by atoms with Crippen LogP contribution < -0.4 is 0 Å². The molecule has 1 fully saturated rings. The maximum absolute atomic E-state index is 13.6. The zero-order chi connectivity index (χ0) is 25.2. The Balaban J connectivity index is 1.55. The van der Waals surface area contributed by atoms with Gasteiger partial charge in [-0.1, -0.05) is 43.3 Å². The van der Waals surface area contributed by atoms with Gasteiger partial charge >= 0.3 is 0 Å². The molecule has 182 valence electrons. The standard InChI is InChI=1S/C30H29N3O2S/c1-5-23-12-9-11-20(2)28(23)33-21(3)17-24(22(33)4)18-27-29(34)32(19-26-15-10-16-35-26)30(36-27)31-25-13-7-6-8-14-25/h6-18H,5,19H2,1-4H3/b27-18-,31-30?. The van der Waals surface area contributed by atoms with Crippen LogP contribution in [0, 0.1) is 20.8 Å². The Morgan fingerprint density at radius 1 is 1.00 bits per heavy atom. The van der Waals surface area contributed by atoms with E-state index in [0.717, 1.165) is 34.8 Å². The van der Waals surface area contributed by atoms with E-state index in [1.54, 1.807) is 11.2 Å². The molecule has 0 saturated carbocycles. The number of amides is 1. The number of amidine groups is 1. The van der Waals surface area contributed by atoms with Gasteiger partial charge in [0.25, 0.3) is 5.91 Å². The van der Waals surface area contributed by atoms with Gasteiger partial charge in [0.15, 0.2) is 5.17 Å². The molecular weight excluding hydrogens is 466 g/mol. The van der Waals surface area contributed by atoms with Gasteiger partial charge in [0.2, 0.25) is 0 Å². The fourth-order valence-electron chi connectivity index (χ4n) is 4.65. The SMILES string of the molecule is CCc1cccc(C)c1-n1c(C)cc(/C=C2\SC(=Nc3ccccc3)N(Cc3ccco3)C2=O)c1C. The van der Waals surface area contributed by atoms with Crippen molar-refractivity contribution in [1.82, 2.24) is 9.47 Å². The van der Waals surface area contributed by atoms with Crippen LogP contribution in [0.5, 0.6) is 0 Å². The summed E-state index contributed by atoms with van der Waals surface area (Å²) in [5.41, 5.74) is 7.88. The Kier molecular flexibility index (Phi) is 6.70. The number of benzene rings is 2. The molecule has 1 amide bonds. The minimum atomic E-state index is -0.0685. The number of carbonyl (C=O) groups is 1. The molecule has 2 aromatic heterocycles. The second kappa shape index (κ2) is 10.1. The minimum absolute atomic E-state index is 0.0685. The van der Waals surface area contributed by atoms with Gasteiger partial charge in [-0.15, -0.1) is 0 Å². The van der Waals surface area contributed by atoms with Gasteiger partial charge in [0.05, 0.1) is 29.1 Å². The van der Waals surface area contributed by atoms with Crippen LogP contribution in [0.3, 0.4) is 0 Å². The molecule has 0 spiro atoms. The topological polar surface area (TPSA) is 50.7 Å². The molecule has 0 radical (unpaired) electrons. The normalized spacial score (nSPS) is 16.0. The molecule has 1 aliphatic heterocycles. The van der Waals surface area contributed by atoms with E-state index in [1.807, 2.05) is 48.5 Å². The molecule has 2 aromatic carbocycles. The molecule has 0 N–H and O–H groups in total. The first-order valence-corrected chi connectivity index (χ1v) is 12.9. The fourth-order valence-corrected chi connectivity index (χ4v) is 5.63. The quantitative estimate of drug-likeness (QED) is 0.263. The highest BCUT2D eigenvalue weighted by molar-refractivity contribution is 8.18. The Morgan fingerprint density at radius 3 is 2.53 bits per heavy atom. The number of aromatic nitrogens is 1. The Morgan fingerprint density at radius 2 is 1.81 bits per heavy atom. The van der Waals surface area contributed by atoms with E-state index in [9.17, 15) is 4.79 Å². The fraction of sp³-hybridized carbons (Fsp3) is 0.200. The minimum Gasteiger partial charge on any atom is -0.467 e. The van der Waals surface area contributed by atoms with E-state index in [0.29, 0.717) is 16.6 Å². The smallest absolute Gasteiger partial charge is 0.267 e. The second-order valence-electron chi connectivity index (χ2n) is 8.91. The molecule has 1 saturated heterocycles. The third kappa shape index (κ3) is 4.56. The van der Waals surface area contributed by atoms with Crippen LogP contribution in [0.1, 0.15) is 40.8 Å². The number of para-hydroxylation sites is 2. The van der Waals surface area contributed by atoms with E-state index < -0.39 is 0 Å². The van der Waals surface area contributed by atoms with Crippen LogP contribution in [0.15, 0.2) is 87.3 Å². The van der Waals surface area contributed by atoms with Crippen molar-refractivity contribution in [2.24, 2.45) is 4.99 Å². The summed E-state index contributed by atoms with van der Waals surface area (Å²) in [5.74, 6) is 0.650. The average molecular weight is 496 g/mol. The average Bonchev–Trinajstić information content (AvgIpc) is 3.56. The molecule has 6 heteroatoms. The maximum Gasteiger partial charge on any atom is 0.267 e. The summed E-state index contributed by atoms with van der Waals surface area (Å²) in [4.78, 5) is 20.7. The first-order valence-electron chi connectivity index (χ1n) is 12.1. The molecule has 3 heterocycles. The van der Waals surface area contributed by atoms with Gasteiger partial charge in [0.1, 0.15) is 5.76 Å². The lowest BCUT2D eigenvalue weighted by molar-refractivity contribution is -0.122. The van der Waals surface area contributed by atoms with Crippen molar-refractivity contribution in [3.8, 4) is 5.69 Å². The Hall–Kier alpha value is -3.77. The Labute approximate surface area is 216 Å². The summed E-state index contributed by atoms with van der Waals surface area (Å²) in [6.45, 7) is 8.92.